The van der Waals surface area contributed by atoms with Gasteiger partial charge in [0.2, 0.25) is 5.91 Å². The van der Waals surface area contributed by atoms with Gasteiger partial charge in [-0.1, -0.05) is 50.1 Å². The maximum absolute atomic E-state index is 11.9. The molecule has 0 aliphatic carbocycles. The van der Waals surface area contributed by atoms with Crippen molar-refractivity contribution < 1.29 is 9.59 Å². The molecule has 0 fully saturated rings. The van der Waals surface area contributed by atoms with Gasteiger partial charge < -0.3 is 15.6 Å². The number of anilines is 1. The van der Waals surface area contributed by atoms with Gasteiger partial charge in [-0.3, -0.25) is 9.59 Å². The molecule has 0 saturated carbocycles. The third-order valence-electron chi connectivity index (χ3n) is 3.53. The average molecular weight is 314 g/mol. The molecule has 23 heavy (non-hydrogen) atoms. The van der Waals surface area contributed by atoms with Crippen molar-refractivity contribution in [1.29, 1.82) is 0 Å². The Bertz CT molecular complexity index is 664. The van der Waals surface area contributed by atoms with Gasteiger partial charge in [-0.25, -0.2) is 4.98 Å². The Morgan fingerprint density at radius 1 is 1.22 bits per heavy atom. The summed E-state index contributed by atoms with van der Waals surface area (Å²) in [6.45, 7) is 2.55. The van der Waals surface area contributed by atoms with Gasteiger partial charge in [-0.05, 0) is 12.0 Å². The Morgan fingerprint density at radius 2 is 1.96 bits per heavy atom. The number of nitrogens with one attached hydrogen (secondary N) is 1. The van der Waals surface area contributed by atoms with Crippen LogP contribution in [-0.2, 0) is 11.3 Å². The maximum atomic E-state index is 11.9. The second-order valence-electron chi connectivity index (χ2n) is 5.42. The van der Waals surface area contributed by atoms with Crippen molar-refractivity contribution in [1.82, 2.24) is 9.55 Å². The smallest absolute Gasteiger partial charge is 0.269 e. The molecule has 2 aromatic rings. The minimum atomic E-state index is -0.609. The average Bonchev–Trinajstić information content (AvgIpc) is 2.91. The van der Waals surface area contributed by atoms with Crippen LogP contribution in [-0.4, -0.2) is 21.4 Å². The zero-order valence-electron chi connectivity index (χ0n) is 13.3. The molecule has 3 N–H and O–H groups in total. The third-order valence-corrected chi connectivity index (χ3v) is 3.53. The van der Waals surface area contributed by atoms with E-state index < -0.39 is 5.91 Å². The fraction of sp³-hybridized carbons (Fsp3) is 0.353. The molecule has 1 aromatic heterocycles. The summed E-state index contributed by atoms with van der Waals surface area (Å²) < 4.78 is 1.65. The van der Waals surface area contributed by atoms with Gasteiger partial charge >= 0.3 is 0 Å². The Labute approximate surface area is 135 Å². The van der Waals surface area contributed by atoms with Crippen LogP contribution in [0.4, 0.5) is 5.82 Å². The number of carbonyl (C=O) groups excluding carboxylic acids is 2. The molecule has 6 nitrogen and oxygen atoms in total. The Morgan fingerprint density at radius 3 is 2.61 bits per heavy atom. The number of carbonyl (C=O) groups is 2. The molecule has 2 rings (SSSR count). The first-order chi connectivity index (χ1) is 11.1. The van der Waals surface area contributed by atoms with Crippen LogP contribution in [0, 0.1) is 0 Å². The first-order valence-corrected chi connectivity index (χ1v) is 7.80. The first kappa shape index (κ1) is 16.7. The van der Waals surface area contributed by atoms with Crippen molar-refractivity contribution in [3.63, 3.8) is 0 Å². The highest BCUT2D eigenvalue weighted by atomic mass is 16.2. The molecule has 0 spiro atoms. The number of hydrogen-bond donors (Lipinski definition) is 2. The van der Waals surface area contributed by atoms with Crippen molar-refractivity contribution in [3.05, 3.63) is 47.9 Å². The van der Waals surface area contributed by atoms with E-state index in [0.717, 1.165) is 24.8 Å². The fourth-order valence-electron chi connectivity index (χ4n) is 2.36. The van der Waals surface area contributed by atoms with Crippen molar-refractivity contribution in [2.75, 3.05) is 5.32 Å². The zero-order chi connectivity index (χ0) is 16.7. The molecule has 6 heteroatoms. The molecule has 0 saturated heterocycles. The molecular formula is C17H22N4O2. The summed E-state index contributed by atoms with van der Waals surface area (Å²) in [5.41, 5.74) is 6.70. The SMILES string of the molecule is CCCCCC(=O)Nc1ncn(Cc2ccccc2)c1C(N)=O. The third kappa shape index (κ3) is 4.67. The fourth-order valence-corrected chi connectivity index (χ4v) is 2.36. The number of rotatable bonds is 8. The highest BCUT2D eigenvalue weighted by Gasteiger charge is 2.18. The van der Waals surface area contributed by atoms with Crippen LogP contribution in [0.3, 0.4) is 0 Å². The highest BCUT2D eigenvalue weighted by Crippen LogP contribution is 2.16. The number of imidazole rings is 1. The molecule has 0 atom stereocenters. The van der Waals surface area contributed by atoms with E-state index in [4.69, 9.17) is 5.73 Å². The summed E-state index contributed by atoms with van der Waals surface area (Å²) in [7, 11) is 0. The lowest BCUT2D eigenvalue weighted by molar-refractivity contribution is -0.116. The largest absolute Gasteiger partial charge is 0.364 e. The Hall–Kier alpha value is -2.63. The van der Waals surface area contributed by atoms with Gasteiger partial charge in [0.15, 0.2) is 11.5 Å². The van der Waals surface area contributed by atoms with E-state index in [0.29, 0.717) is 13.0 Å². The van der Waals surface area contributed by atoms with Gasteiger partial charge in [-0.15, -0.1) is 0 Å². The minimum absolute atomic E-state index is 0.147. The lowest BCUT2D eigenvalue weighted by Gasteiger charge is -2.08. The second-order valence-corrected chi connectivity index (χ2v) is 5.42. The summed E-state index contributed by atoms with van der Waals surface area (Å²) >= 11 is 0. The quantitative estimate of drug-likeness (QED) is 0.734. The molecule has 1 aromatic carbocycles. The second kappa shape index (κ2) is 8.12. The number of hydrogen-bond acceptors (Lipinski definition) is 3. The van der Waals surface area contributed by atoms with E-state index in [1.54, 1.807) is 4.57 Å². The number of unbranched alkanes of at least 4 members (excludes halogenated alkanes) is 2. The van der Waals surface area contributed by atoms with Crippen LogP contribution < -0.4 is 11.1 Å². The topological polar surface area (TPSA) is 90.0 Å². The molecule has 0 aliphatic rings. The van der Waals surface area contributed by atoms with Crippen LogP contribution in [0.1, 0.15) is 48.7 Å². The van der Waals surface area contributed by atoms with E-state index >= 15 is 0 Å². The number of nitrogens with zero attached hydrogens (tertiary/aromatic N) is 2. The molecule has 1 heterocycles. The van der Waals surface area contributed by atoms with Gasteiger partial charge in [-0.2, -0.15) is 0 Å². The van der Waals surface area contributed by atoms with E-state index in [-0.39, 0.29) is 17.4 Å². The number of benzene rings is 1. The summed E-state index contributed by atoms with van der Waals surface area (Å²) in [4.78, 5) is 27.8. The summed E-state index contributed by atoms with van der Waals surface area (Å²) in [6, 6.07) is 9.68. The van der Waals surface area contributed by atoms with Crippen molar-refractivity contribution >= 4 is 17.6 Å². The molecule has 2 amide bonds. The summed E-state index contributed by atoms with van der Waals surface area (Å²) in [5, 5.41) is 2.69. The minimum Gasteiger partial charge on any atom is -0.364 e. The molecule has 0 unspecified atom stereocenters. The van der Waals surface area contributed by atoms with Crippen LogP contribution >= 0.6 is 0 Å². The van der Waals surface area contributed by atoms with Crippen LogP contribution in [0.5, 0.6) is 0 Å². The van der Waals surface area contributed by atoms with E-state index in [9.17, 15) is 9.59 Å². The van der Waals surface area contributed by atoms with Crippen molar-refractivity contribution in [3.8, 4) is 0 Å². The number of primary amides is 1. The Kier molecular flexibility index (Phi) is 5.91. The van der Waals surface area contributed by atoms with Crippen LogP contribution in [0.25, 0.3) is 0 Å². The Balaban J connectivity index is 2.12. The van der Waals surface area contributed by atoms with Crippen molar-refractivity contribution in [2.24, 2.45) is 5.73 Å². The molecule has 122 valence electrons. The van der Waals surface area contributed by atoms with Gasteiger partial charge in [0.05, 0.1) is 6.33 Å². The first-order valence-electron chi connectivity index (χ1n) is 7.80. The molecule has 0 aliphatic heterocycles. The van der Waals surface area contributed by atoms with Crippen LogP contribution in [0.15, 0.2) is 36.7 Å². The normalized spacial score (nSPS) is 10.5. The summed E-state index contributed by atoms with van der Waals surface area (Å²) in [6.07, 6.45) is 4.80. The summed E-state index contributed by atoms with van der Waals surface area (Å²) in [5.74, 6) is -0.525. The lowest BCUT2D eigenvalue weighted by atomic mass is 10.2. The van der Waals surface area contributed by atoms with Gasteiger partial charge in [0.25, 0.3) is 5.91 Å². The molecular weight excluding hydrogens is 292 g/mol. The van der Waals surface area contributed by atoms with E-state index in [2.05, 4.69) is 17.2 Å². The number of nitrogens with two attached hydrogens (primary N) is 1. The number of aromatic nitrogens is 2. The predicted octanol–water partition coefficient (Wildman–Crippen LogP) is 2.55. The number of amides is 2. The van der Waals surface area contributed by atoms with Gasteiger partial charge in [0, 0.05) is 13.0 Å². The highest BCUT2D eigenvalue weighted by molar-refractivity contribution is 6.00. The maximum Gasteiger partial charge on any atom is 0.269 e. The predicted molar refractivity (Wildman–Crippen MR) is 89.1 cm³/mol. The monoisotopic (exact) mass is 314 g/mol. The van der Waals surface area contributed by atoms with Crippen LogP contribution in [0.2, 0.25) is 0 Å². The van der Waals surface area contributed by atoms with Gasteiger partial charge in [0.1, 0.15) is 0 Å². The zero-order valence-corrected chi connectivity index (χ0v) is 13.3. The molecule has 0 radical (unpaired) electrons. The van der Waals surface area contributed by atoms with E-state index in [1.807, 2.05) is 30.3 Å². The van der Waals surface area contributed by atoms with E-state index in [1.165, 1.54) is 6.33 Å². The van der Waals surface area contributed by atoms with Crippen molar-refractivity contribution in [2.45, 2.75) is 39.2 Å². The lowest BCUT2D eigenvalue weighted by Crippen LogP contribution is -2.21. The molecule has 0 bridgehead atoms. The standard InChI is InChI=1S/C17H22N4O2/c1-2-3-5-10-14(22)20-17-15(16(18)23)21(12-19-17)11-13-8-6-4-7-9-13/h4,6-9,12H,2-3,5,10-11H2,1H3,(H2,18,23)(H,20,22).